The lowest BCUT2D eigenvalue weighted by Gasteiger charge is -2.35. The number of nitrogens with zero attached hydrogens (tertiary/aromatic N) is 1. The van der Waals surface area contributed by atoms with Crippen LogP contribution in [0, 0.1) is 0 Å². The monoisotopic (exact) mass is 266 g/mol. The second-order valence-corrected chi connectivity index (χ2v) is 5.82. The lowest BCUT2D eigenvalue weighted by Crippen LogP contribution is -2.59. The average Bonchev–Trinajstić information content (AvgIpc) is 2.71. The van der Waals surface area contributed by atoms with Gasteiger partial charge in [-0.3, -0.25) is 5.32 Å². The van der Waals surface area contributed by atoms with Gasteiger partial charge >= 0.3 is 12.3 Å². The predicted octanol–water partition coefficient (Wildman–Crippen LogP) is 1.90. The lowest BCUT2D eigenvalue weighted by molar-refractivity contribution is -0.166. The molecule has 2 bridgehead atoms. The van der Waals surface area contributed by atoms with Crippen molar-refractivity contribution in [1.82, 2.24) is 10.2 Å². The molecule has 2 aliphatic heterocycles. The fraction of sp³-hybridized carbons (Fsp3) is 0.909. The summed E-state index contributed by atoms with van der Waals surface area (Å²) in [6.45, 7) is 5.36. The number of alkyl halides is 3. The van der Waals surface area contributed by atoms with Gasteiger partial charge in [-0.05, 0) is 27.2 Å². The van der Waals surface area contributed by atoms with E-state index in [0.717, 1.165) is 0 Å². The SMILES string of the molecule is CC(C)(C)OC(=O)N1C[C@H]2C[C@@H]1[C@H](C(F)(F)F)N2. The molecule has 18 heavy (non-hydrogen) atoms. The predicted molar refractivity (Wildman–Crippen MR) is 58.1 cm³/mol. The molecule has 0 radical (unpaired) electrons. The summed E-state index contributed by atoms with van der Waals surface area (Å²) in [5.74, 6) is 0. The van der Waals surface area contributed by atoms with Gasteiger partial charge in [0.1, 0.15) is 11.6 Å². The van der Waals surface area contributed by atoms with Gasteiger partial charge in [-0.2, -0.15) is 13.2 Å². The maximum absolute atomic E-state index is 12.8. The zero-order valence-electron chi connectivity index (χ0n) is 10.5. The first-order valence-corrected chi connectivity index (χ1v) is 5.90. The van der Waals surface area contributed by atoms with E-state index in [1.165, 1.54) is 4.90 Å². The molecular formula is C11H17F3N2O2. The number of carbonyl (C=O) groups is 1. The van der Waals surface area contributed by atoms with Crippen LogP contribution in [0.3, 0.4) is 0 Å². The number of hydrogen-bond acceptors (Lipinski definition) is 3. The minimum atomic E-state index is -4.33. The van der Waals surface area contributed by atoms with Crippen LogP contribution in [-0.2, 0) is 4.74 Å². The molecule has 0 aromatic carbocycles. The van der Waals surface area contributed by atoms with Crippen molar-refractivity contribution in [1.29, 1.82) is 0 Å². The minimum Gasteiger partial charge on any atom is -0.444 e. The maximum Gasteiger partial charge on any atom is 0.410 e. The van der Waals surface area contributed by atoms with Gasteiger partial charge in [0.25, 0.3) is 0 Å². The standard InChI is InChI=1S/C11H17F3N2O2/c1-10(2,3)18-9(17)16-5-6-4-7(16)8(15-6)11(12,13)14/h6-8,15H,4-5H2,1-3H3/t6-,7-,8-/m1/s1. The summed E-state index contributed by atoms with van der Waals surface area (Å²) in [5, 5.41) is 2.50. The number of rotatable bonds is 0. The van der Waals surface area contributed by atoms with Gasteiger partial charge in [0.05, 0.1) is 6.04 Å². The summed E-state index contributed by atoms with van der Waals surface area (Å²) in [6.07, 6.45) is -4.66. The van der Waals surface area contributed by atoms with Crippen molar-refractivity contribution in [3.8, 4) is 0 Å². The second kappa shape index (κ2) is 4.01. The first-order chi connectivity index (χ1) is 8.08. The topological polar surface area (TPSA) is 41.6 Å². The van der Waals surface area contributed by atoms with Crippen molar-refractivity contribution in [2.24, 2.45) is 0 Å². The molecule has 4 nitrogen and oxygen atoms in total. The smallest absolute Gasteiger partial charge is 0.410 e. The largest absolute Gasteiger partial charge is 0.444 e. The minimum absolute atomic E-state index is 0.283. The number of halogens is 3. The van der Waals surface area contributed by atoms with Crippen LogP contribution < -0.4 is 5.32 Å². The molecule has 2 aliphatic rings. The molecule has 7 heteroatoms. The van der Waals surface area contributed by atoms with Crippen molar-refractivity contribution >= 4 is 6.09 Å². The maximum atomic E-state index is 12.8. The molecule has 2 heterocycles. The van der Waals surface area contributed by atoms with E-state index in [9.17, 15) is 18.0 Å². The quantitative estimate of drug-likeness (QED) is 0.728. The fourth-order valence-corrected chi connectivity index (χ4v) is 2.51. The Morgan fingerprint density at radius 3 is 2.39 bits per heavy atom. The normalized spacial score (nSPS) is 31.9. The van der Waals surface area contributed by atoms with Gasteiger partial charge < -0.3 is 9.64 Å². The molecule has 0 spiro atoms. The number of nitrogens with one attached hydrogen (secondary N) is 1. The highest BCUT2D eigenvalue weighted by Crippen LogP contribution is 2.37. The summed E-state index contributed by atoms with van der Waals surface area (Å²) in [6, 6.07) is -2.76. The van der Waals surface area contributed by atoms with E-state index in [0.29, 0.717) is 6.42 Å². The first-order valence-electron chi connectivity index (χ1n) is 5.90. The van der Waals surface area contributed by atoms with Gasteiger partial charge in [0, 0.05) is 12.6 Å². The van der Waals surface area contributed by atoms with Gasteiger partial charge in [0.2, 0.25) is 0 Å². The van der Waals surface area contributed by atoms with E-state index >= 15 is 0 Å². The Morgan fingerprint density at radius 1 is 1.33 bits per heavy atom. The Morgan fingerprint density at radius 2 is 1.94 bits per heavy atom. The van der Waals surface area contributed by atoms with Crippen LogP contribution in [-0.4, -0.2) is 47.4 Å². The highest BCUT2D eigenvalue weighted by Gasteiger charge is 2.57. The van der Waals surface area contributed by atoms with Crippen molar-refractivity contribution in [2.75, 3.05) is 6.54 Å². The van der Waals surface area contributed by atoms with Crippen LogP contribution in [0.4, 0.5) is 18.0 Å². The first kappa shape index (κ1) is 13.5. The Hall–Kier alpha value is -0.980. The van der Waals surface area contributed by atoms with Crippen LogP contribution in [0.2, 0.25) is 0 Å². The van der Waals surface area contributed by atoms with E-state index in [1.54, 1.807) is 20.8 Å². The van der Waals surface area contributed by atoms with Crippen molar-refractivity contribution in [3.05, 3.63) is 0 Å². The van der Waals surface area contributed by atoms with Crippen molar-refractivity contribution in [3.63, 3.8) is 0 Å². The molecule has 2 rings (SSSR count). The Kier molecular flexibility index (Phi) is 3.00. The molecule has 0 aliphatic carbocycles. The molecule has 3 atom stereocenters. The van der Waals surface area contributed by atoms with E-state index in [1.807, 2.05) is 0 Å². The zero-order chi connectivity index (χ0) is 13.7. The summed E-state index contributed by atoms with van der Waals surface area (Å²) >= 11 is 0. The highest BCUT2D eigenvalue weighted by atomic mass is 19.4. The number of likely N-dealkylation sites (tertiary alicyclic amines) is 1. The van der Waals surface area contributed by atoms with E-state index in [4.69, 9.17) is 4.74 Å². The molecular weight excluding hydrogens is 249 g/mol. The van der Waals surface area contributed by atoms with Crippen LogP contribution in [0.15, 0.2) is 0 Å². The average molecular weight is 266 g/mol. The van der Waals surface area contributed by atoms with Crippen LogP contribution in [0.1, 0.15) is 27.2 Å². The molecule has 2 fully saturated rings. The molecule has 1 amide bonds. The summed E-state index contributed by atoms with van der Waals surface area (Å²) in [5.41, 5.74) is -0.694. The van der Waals surface area contributed by atoms with Crippen LogP contribution in [0.25, 0.3) is 0 Å². The van der Waals surface area contributed by atoms with E-state index in [-0.39, 0.29) is 12.6 Å². The summed E-state index contributed by atoms with van der Waals surface area (Å²) in [4.78, 5) is 13.0. The van der Waals surface area contributed by atoms with Crippen molar-refractivity contribution < 1.29 is 22.7 Å². The van der Waals surface area contributed by atoms with Gasteiger partial charge in [0.15, 0.2) is 0 Å². The Bertz CT molecular complexity index is 351. The molecule has 1 N–H and O–H groups in total. The summed E-state index contributed by atoms with van der Waals surface area (Å²) < 4.78 is 43.4. The van der Waals surface area contributed by atoms with Gasteiger partial charge in [-0.1, -0.05) is 0 Å². The number of fused-ring (bicyclic) bond motifs is 2. The van der Waals surface area contributed by atoms with Crippen LogP contribution in [0.5, 0.6) is 0 Å². The molecule has 0 aromatic rings. The molecule has 2 saturated heterocycles. The molecule has 104 valence electrons. The highest BCUT2D eigenvalue weighted by molar-refractivity contribution is 5.69. The van der Waals surface area contributed by atoms with Gasteiger partial charge in [-0.15, -0.1) is 0 Å². The Labute approximate surface area is 103 Å². The second-order valence-electron chi connectivity index (χ2n) is 5.82. The summed E-state index contributed by atoms with van der Waals surface area (Å²) in [7, 11) is 0. The third-order valence-corrected chi connectivity index (χ3v) is 3.12. The van der Waals surface area contributed by atoms with E-state index in [2.05, 4.69) is 5.32 Å². The number of piperazine rings is 1. The number of carbonyl (C=O) groups excluding carboxylic acids is 1. The third-order valence-electron chi connectivity index (χ3n) is 3.12. The number of amides is 1. The van der Waals surface area contributed by atoms with Crippen LogP contribution >= 0.6 is 0 Å². The molecule has 0 aromatic heterocycles. The molecule has 0 saturated carbocycles. The molecule has 0 unspecified atom stereocenters. The zero-order valence-corrected chi connectivity index (χ0v) is 10.5. The number of hydrogen-bond donors (Lipinski definition) is 1. The Balaban J connectivity index is 2.06. The third kappa shape index (κ3) is 2.55. The number of ether oxygens (including phenoxy) is 1. The lowest BCUT2D eigenvalue weighted by atomic mass is 10.1. The van der Waals surface area contributed by atoms with Gasteiger partial charge in [-0.25, -0.2) is 4.79 Å². The fourth-order valence-electron chi connectivity index (χ4n) is 2.51. The van der Waals surface area contributed by atoms with Crippen molar-refractivity contribution in [2.45, 2.75) is 57.1 Å². The van der Waals surface area contributed by atoms with E-state index < -0.39 is 30.0 Å².